The van der Waals surface area contributed by atoms with Gasteiger partial charge < -0.3 is 15.3 Å². The molecule has 0 aromatic heterocycles. The molecule has 2 N–H and O–H groups in total. The largest absolute Gasteiger partial charge is 0.508 e. The average molecular weight is 364 g/mol. The maximum absolute atomic E-state index is 13.3. The Balaban J connectivity index is 1.76. The summed E-state index contributed by atoms with van der Waals surface area (Å²) in [7, 11) is 0. The van der Waals surface area contributed by atoms with E-state index in [2.05, 4.69) is 12.2 Å². The molecule has 2 aliphatic heterocycles. The number of hydrogen-bond acceptors (Lipinski definition) is 3. The second-order valence-electron chi connectivity index (χ2n) is 7.52. The van der Waals surface area contributed by atoms with Crippen molar-refractivity contribution in [2.75, 3.05) is 11.9 Å². The quantitative estimate of drug-likeness (QED) is 0.874. The molecule has 0 saturated carbocycles. The number of carbonyl (C=O) groups is 2. The Morgan fingerprint density at radius 1 is 1.30 bits per heavy atom. The first-order chi connectivity index (χ1) is 13.0. The molecule has 140 valence electrons. The van der Waals surface area contributed by atoms with Gasteiger partial charge in [-0.3, -0.25) is 9.59 Å². The molecule has 4 rings (SSSR count). The summed E-state index contributed by atoms with van der Waals surface area (Å²) in [6.07, 6.45) is 2.29. The fourth-order valence-electron chi connectivity index (χ4n) is 4.76. The smallest absolute Gasteiger partial charge is 0.254 e. The summed E-state index contributed by atoms with van der Waals surface area (Å²) in [5.41, 5.74) is 2.52. The third-order valence-corrected chi connectivity index (χ3v) is 6.02. The van der Waals surface area contributed by atoms with Crippen molar-refractivity contribution in [2.24, 2.45) is 0 Å². The normalized spacial score (nSPS) is 23.6. The van der Waals surface area contributed by atoms with Crippen molar-refractivity contribution in [3.63, 3.8) is 0 Å². The van der Waals surface area contributed by atoms with Gasteiger partial charge in [0.25, 0.3) is 5.91 Å². The summed E-state index contributed by atoms with van der Waals surface area (Å²) < 4.78 is 0. The van der Waals surface area contributed by atoms with Crippen LogP contribution in [-0.2, 0) is 10.2 Å². The summed E-state index contributed by atoms with van der Waals surface area (Å²) in [6, 6.07) is 12.5. The highest BCUT2D eigenvalue weighted by Gasteiger charge is 2.58. The van der Waals surface area contributed by atoms with Crippen molar-refractivity contribution in [1.82, 2.24) is 4.90 Å². The molecule has 1 spiro atoms. The number of likely N-dealkylation sites (tertiary alicyclic amines) is 1. The first-order valence-electron chi connectivity index (χ1n) is 9.50. The Labute approximate surface area is 159 Å². The SMILES string of the molecule is CCC[C@@H]1N(C(=O)c2ccc(O)cc2C)CC[C@@]12C(=O)Nc1ccccc12. The van der Waals surface area contributed by atoms with Crippen LogP contribution in [0, 0.1) is 6.92 Å². The van der Waals surface area contributed by atoms with E-state index in [0.717, 1.165) is 29.7 Å². The predicted molar refractivity (Wildman–Crippen MR) is 104 cm³/mol. The van der Waals surface area contributed by atoms with E-state index in [1.165, 1.54) is 0 Å². The lowest BCUT2D eigenvalue weighted by Gasteiger charge is -2.34. The van der Waals surface area contributed by atoms with E-state index < -0.39 is 5.41 Å². The van der Waals surface area contributed by atoms with Crippen molar-refractivity contribution in [1.29, 1.82) is 0 Å². The van der Waals surface area contributed by atoms with Gasteiger partial charge in [0.1, 0.15) is 5.75 Å². The molecule has 2 aromatic rings. The Morgan fingerprint density at radius 3 is 2.81 bits per heavy atom. The van der Waals surface area contributed by atoms with Gasteiger partial charge in [0.05, 0.1) is 11.5 Å². The van der Waals surface area contributed by atoms with E-state index in [9.17, 15) is 14.7 Å². The highest BCUT2D eigenvalue weighted by atomic mass is 16.3. The van der Waals surface area contributed by atoms with Crippen molar-refractivity contribution >= 4 is 17.5 Å². The zero-order valence-electron chi connectivity index (χ0n) is 15.7. The van der Waals surface area contributed by atoms with E-state index in [1.54, 1.807) is 18.2 Å². The predicted octanol–water partition coefficient (Wildman–Crippen LogP) is 3.61. The molecule has 0 aliphatic carbocycles. The van der Waals surface area contributed by atoms with Crippen molar-refractivity contribution in [3.8, 4) is 5.75 Å². The molecule has 0 bridgehead atoms. The third-order valence-electron chi connectivity index (χ3n) is 6.02. The second-order valence-corrected chi connectivity index (χ2v) is 7.52. The molecule has 2 atom stereocenters. The number of phenolic OH excluding ortho intramolecular Hbond substituents is 1. The van der Waals surface area contributed by atoms with Gasteiger partial charge in [0.2, 0.25) is 5.91 Å². The number of fused-ring (bicyclic) bond motifs is 2. The molecular weight excluding hydrogens is 340 g/mol. The van der Waals surface area contributed by atoms with Crippen LogP contribution in [-0.4, -0.2) is 34.4 Å². The van der Waals surface area contributed by atoms with E-state index in [0.29, 0.717) is 18.5 Å². The maximum atomic E-state index is 13.3. The fourth-order valence-corrected chi connectivity index (χ4v) is 4.76. The summed E-state index contributed by atoms with van der Waals surface area (Å²) in [5.74, 6) is 0.0797. The van der Waals surface area contributed by atoms with Crippen LogP contribution >= 0.6 is 0 Å². The van der Waals surface area contributed by atoms with Crippen molar-refractivity contribution in [3.05, 3.63) is 59.2 Å². The van der Waals surface area contributed by atoms with E-state index in [4.69, 9.17) is 0 Å². The first kappa shape index (κ1) is 17.6. The molecule has 2 aliphatic rings. The van der Waals surface area contributed by atoms with Crippen LogP contribution in [0.2, 0.25) is 0 Å². The Hall–Kier alpha value is -2.82. The van der Waals surface area contributed by atoms with Crippen LogP contribution in [0.15, 0.2) is 42.5 Å². The Bertz CT molecular complexity index is 924. The number of benzene rings is 2. The lowest BCUT2D eigenvalue weighted by molar-refractivity contribution is -0.121. The van der Waals surface area contributed by atoms with Crippen molar-refractivity contribution in [2.45, 2.75) is 44.6 Å². The number of hydrogen-bond donors (Lipinski definition) is 2. The summed E-state index contributed by atoms with van der Waals surface area (Å²) in [6.45, 7) is 4.45. The number of phenols is 1. The third kappa shape index (κ3) is 2.52. The molecule has 5 heteroatoms. The molecule has 0 unspecified atom stereocenters. The van der Waals surface area contributed by atoms with Crippen LogP contribution in [0.5, 0.6) is 5.75 Å². The highest BCUT2D eigenvalue weighted by Crippen LogP contribution is 2.49. The molecule has 2 amide bonds. The van der Waals surface area contributed by atoms with Crippen LogP contribution in [0.25, 0.3) is 0 Å². The van der Waals surface area contributed by atoms with Crippen LogP contribution < -0.4 is 5.32 Å². The summed E-state index contributed by atoms with van der Waals surface area (Å²) >= 11 is 0. The maximum Gasteiger partial charge on any atom is 0.254 e. The van der Waals surface area contributed by atoms with E-state index in [-0.39, 0.29) is 23.6 Å². The van der Waals surface area contributed by atoms with Gasteiger partial charge in [-0.25, -0.2) is 0 Å². The lowest BCUT2D eigenvalue weighted by atomic mass is 9.73. The zero-order chi connectivity index (χ0) is 19.2. The number of aryl methyl sites for hydroxylation is 1. The number of nitrogens with zero attached hydrogens (tertiary/aromatic N) is 1. The van der Waals surface area contributed by atoms with Crippen LogP contribution in [0.4, 0.5) is 5.69 Å². The van der Waals surface area contributed by atoms with Gasteiger partial charge in [0, 0.05) is 17.8 Å². The molecule has 5 nitrogen and oxygen atoms in total. The van der Waals surface area contributed by atoms with Gasteiger partial charge in [-0.1, -0.05) is 31.5 Å². The summed E-state index contributed by atoms with van der Waals surface area (Å²) in [5, 5.41) is 12.7. The Kier molecular flexibility index (Phi) is 4.17. The van der Waals surface area contributed by atoms with Gasteiger partial charge >= 0.3 is 0 Å². The minimum Gasteiger partial charge on any atom is -0.508 e. The lowest BCUT2D eigenvalue weighted by Crippen LogP contribution is -2.48. The molecule has 0 radical (unpaired) electrons. The number of nitrogens with one attached hydrogen (secondary N) is 1. The van der Waals surface area contributed by atoms with Gasteiger partial charge in [0.15, 0.2) is 0 Å². The molecule has 2 heterocycles. The average Bonchev–Trinajstić information content (AvgIpc) is 3.15. The van der Waals surface area contributed by atoms with Crippen LogP contribution in [0.3, 0.4) is 0 Å². The molecular formula is C22H24N2O3. The number of rotatable bonds is 3. The number of anilines is 1. The number of para-hydroxylation sites is 1. The fraction of sp³-hybridized carbons (Fsp3) is 0.364. The number of carbonyl (C=O) groups excluding carboxylic acids is 2. The van der Waals surface area contributed by atoms with Gasteiger partial charge in [-0.05, 0) is 55.2 Å². The second kappa shape index (κ2) is 6.41. The number of aromatic hydroxyl groups is 1. The molecule has 2 aromatic carbocycles. The Morgan fingerprint density at radius 2 is 2.07 bits per heavy atom. The minimum atomic E-state index is -0.674. The highest BCUT2D eigenvalue weighted by molar-refractivity contribution is 6.08. The monoisotopic (exact) mass is 364 g/mol. The van der Waals surface area contributed by atoms with Crippen molar-refractivity contribution < 1.29 is 14.7 Å². The van der Waals surface area contributed by atoms with Crippen LogP contribution in [0.1, 0.15) is 47.7 Å². The van der Waals surface area contributed by atoms with Gasteiger partial charge in [-0.2, -0.15) is 0 Å². The standard InChI is InChI=1S/C22H24N2O3/c1-3-6-19-22(17-7-4-5-8-18(17)23-21(22)27)11-12-24(19)20(26)16-10-9-15(25)13-14(16)2/h4-5,7-10,13,19,25H,3,6,11-12H2,1-2H3,(H,23,27)/t19-,22-/m0/s1. The zero-order valence-corrected chi connectivity index (χ0v) is 15.7. The summed E-state index contributed by atoms with van der Waals surface area (Å²) in [4.78, 5) is 28.3. The minimum absolute atomic E-state index is 0.000113. The topological polar surface area (TPSA) is 69.6 Å². The molecule has 27 heavy (non-hydrogen) atoms. The van der Waals surface area contributed by atoms with E-state index in [1.807, 2.05) is 36.1 Å². The molecule has 1 fully saturated rings. The van der Waals surface area contributed by atoms with E-state index >= 15 is 0 Å². The van der Waals surface area contributed by atoms with Gasteiger partial charge in [-0.15, -0.1) is 0 Å². The molecule has 1 saturated heterocycles. The first-order valence-corrected chi connectivity index (χ1v) is 9.50. The number of amides is 2.